The van der Waals surface area contributed by atoms with Crippen LogP contribution in [0.4, 0.5) is 0 Å². The van der Waals surface area contributed by atoms with E-state index >= 15 is 0 Å². The van der Waals surface area contributed by atoms with Gasteiger partial charge in [0.2, 0.25) is 0 Å². The third-order valence-corrected chi connectivity index (χ3v) is 1.97. The molecule has 0 amide bonds. The lowest BCUT2D eigenvalue weighted by molar-refractivity contribution is -0.141. The number of aliphatic hydroxyl groups excluding tert-OH is 1. The number of aliphatic carboxylic acids is 1. The highest BCUT2D eigenvalue weighted by atomic mass is 16.4. The van der Waals surface area contributed by atoms with Gasteiger partial charge < -0.3 is 20.4 Å². The average Bonchev–Trinajstić information content (AvgIpc) is 2.65. The highest BCUT2D eigenvalue weighted by molar-refractivity contribution is 5.73. The fourth-order valence-electron chi connectivity index (χ4n) is 1.09. The summed E-state index contributed by atoms with van der Waals surface area (Å²) >= 11 is 0. The second kappa shape index (κ2) is 4.78. The summed E-state index contributed by atoms with van der Waals surface area (Å²) in [6, 6.07) is 2.27. The van der Waals surface area contributed by atoms with E-state index < -0.39 is 18.1 Å². The molecule has 0 aromatic carbocycles. The summed E-state index contributed by atoms with van der Waals surface area (Å²) in [7, 11) is 0. The van der Waals surface area contributed by atoms with Crippen LogP contribution in [0.1, 0.15) is 12.2 Å². The van der Waals surface area contributed by atoms with Gasteiger partial charge in [-0.05, 0) is 18.6 Å². The summed E-state index contributed by atoms with van der Waals surface area (Å²) < 4.78 is 5.02. The molecule has 1 rings (SSSR count). The second-order valence-electron chi connectivity index (χ2n) is 3.05. The Hall–Kier alpha value is -1.33. The first-order valence-corrected chi connectivity index (χ1v) is 4.30. The van der Waals surface area contributed by atoms with Crippen LogP contribution >= 0.6 is 0 Å². The van der Waals surface area contributed by atoms with Crippen molar-refractivity contribution in [3.63, 3.8) is 0 Å². The first-order valence-electron chi connectivity index (χ1n) is 4.30. The van der Waals surface area contributed by atoms with E-state index in [0.717, 1.165) is 0 Å². The standard InChI is InChI=1S/C9H13NO4/c10-8(9(12)13)7(11)4-3-6-2-1-5-14-6/h1-2,5,7-8,11H,3-4,10H2,(H,12,13). The predicted octanol–water partition coefficient (Wildman–Crippen LogP) is -0.0150. The molecule has 0 saturated carbocycles. The molecule has 5 heteroatoms. The van der Waals surface area contributed by atoms with Gasteiger partial charge in [-0.15, -0.1) is 0 Å². The predicted molar refractivity (Wildman–Crippen MR) is 48.6 cm³/mol. The summed E-state index contributed by atoms with van der Waals surface area (Å²) in [5.74, 6) is -0.487. The highest BCUT2D eigenvalue weighted by Crippen LogP contribution is 2.07. The summed E-state index contributed by atoms with van der Waals surface area (Å²) in [5.41, 5.74) is 5.22. The van der Waals surface area contributed by atoms with Crippen molar-refractivity contribution in [1.82, 2.24) is 0 Å². The van der Waals surface area contributed by atoms with E-state index in [0.29, 0.717) is 12.2 Å². The number of aryl methyl sites for hydroxylation is 1. The van der Waals surface area contributed by atoms with Gasteiger partial charge in [0.05, 0.1) is 12.4 Å². The van der Waals surface area contributed by atoms with Gasteiger partial charge in [0.15, 0.2) is 0 Å². The van der Waals surface area contributed by atoms with Gasteiger partial charge in [-0.25, -0.2) is 0 Å². The molecule has 0 aliphatic rings. The van der Waals surface area contributed by atoms with Crippen molar-refractivity contribution in [1.29, 1.82) is 0 Å². The largest absolute Gasteiger partial charge is 0.480 e. The van der Waals surface area contributed by atoms with E-state index in [9.17, 15) is 9.90 Å². The SMILES string of the molecule is NC(C(=O)O)C(O)CCc1ccco1. The molecule has 4 N–H and O–H groups in total. The molecule has 1 aromatic heterocycles. The third kappa shape index (κ3) is 2.86. The van der Waals surface area contributed by atoms with Gasteiger partial charge in [0.25, 0.3) is 0 Å². The maximum atomic E-state index is 10.4. The molecule has 1 heterocycles. The van der Waals surface area contributed by atoms with Crippen LogP contribution < -0.4 is 5.73 Å². The highest BCUT2D eigenvalue weighted by Gasteiger charge is 2.21. The van der Waals surface area contributed by atoms with E-state index in [1.165, 1.54) is 6.26 Å². The van der Waals surface area contributed by atoms with Crippen molar-refractivity contribution in [3.8, 4) is 0 Å². The van der Waals surface area contributed by atoms with E-state index in [1.807, 2.05) is 0 Å². The molecule has 0 aliphatic heterocycles. The molecule has 0 radical (unpaired) electrons. The number of carboxylic acids is 1. The molecule has 2 unspecified atom stereocenters. The zero-order valence-corrected chi connectivity index (χ0v) is 7.59. The van der Waals surface area contributed by atoms with Crippen LogP contribution in [0.25, 0.3) is 0 Å². The van der Waals surface area contributed by atoms with Crippen molar-refractivity contribution in [2.45, 2.75) is 25.0 Å². The molecule has 78 valence electrons. The van der Waals surface area contributed by atoms with Crippen molar-refractivity contribution >= 4 is 5.97 Å². The summed E-state index contributed by atoms with van der Waals surface area (Å²) in [6.45, 7) is 0. The smallest absolute Gasteiger partial charge is 0.323 e. The number of hydrogen-bond donors (Lipinski definition) is 3. The number of carboxylic acid groups (broad SMARTS) is 1. The van der Waals surface area contributed by atoms with Gasteiger partial charge in [0, 0.05) is 6.42 Å². The van der Waals surface area contributed by atoms with E-state index in [2.05, 4.69) is 0 Å². The van der Waals surface area contributed by atoms with Crippen LogP contribution in [0.15, 0.2) is 22.8 Å². The Morgan fingerprint density at radius 3 is 2.86 bits per heavy atom. The number of rotatable bonds is 5. The van der Waals surface area contributed by atoms with Gasteiger partial charge in [-0.1, -0.05) is 0 Å². The maximum Gasteiger partial charge on any atom is 0.323 e. The zero-order chi connectivity index (χ0) is 10.6. The van der Waals surface area contributed by atoms with Crippen LogP contribution in [0.3, 0.4) is 0 Å². The molecular weight excluding hydrogens is 186 g/mol. The number of carbonyl (C=O) groups is 1. The third-order valence-electron chi connectivity index (χ3n) is 1.97. The van der Waals surface area contributed by atoms with Crippen molar-refractivity contribution in [2.24, 2.45) is 5.73 Å². The Morgan fingerprint density at radius 1 is 1.64 bits per heavy atom. The minimum atomic E-state index is -1.23. The molecule has 0 bridgehead atoms. The average molecular weight is 199 g/mol. The maximum absolute atomic E-state index is 10.4. The lowest BCUT2D eigenvalue weighted by Crippen LogP contribution is -2.41. The normalized spacial score (nSPS) is 15.0. The van der Waals surface area contributed by atoms with Gasteiger partial charge in [-0.3, -0.25) is 4.79 Å². The molecule has 0 aliphatic carbocycles. The zero-order valence-electron chi connectivity index (χ0n) is 7.59. The Morgan fingerprint density at radius 2 is 2.36 bits per heavy atom. The molecule has 0 saturated heterocycles. The lowest BCUT2D eigenvalue weighted by atomic mass is 10.1. The number of furan rings is 1. The molecular formula is C9H13NO4. The van der Waals surface area contributed by atoms with Crippen LogP contribution in [-0.4, -0.2) is 28.3 Å². The Balaban J connectivity index is 2.34. The fourth-order valence-corrected chi connectivity index (χ4v) is 1.09. The van der Waals surface area contributed by atoms with Crippen molar-refractivity contribution < 1.29 is 19.4 Å². The lowest BCUT2D eigenvalue weighted by Gasteiger charge is -2.13. The molecule has 14 heavy (non-hydrogen) atoms. The molecule has 0 spiro atoms. The van der Waals surface area contributed by atoms with Gasteiger partial charge in [0.1, 0.15) is 11.8 Å². The minimum Gasteiger partial charge on any atom is -0.480 e. The van der Waals surface area contributed by atoms with Crippen molar-refractivity contribution in [3.05, 3.63) is 24.2 Å². The van der Waals surface area contributed by atoms with Crippen molar-refractivity contribution in [2.75, 3.05) is 0 Å². The van der Waals surface area contributed by atoms with Crippen LogP contribution in [-0.2, 0) is 11.2 Å². The van der Waals surface area contributed by atoms with Crippen LogP contribution in [0, 0.1) is 0 Å². The topological polar surface area (TPSA) is 96.7 Å². The first kappa shape index (κ1) is 10.7. The molecule has 1 aromatic rings. The Labute approximate surface area is 81.1 Å². The van der Waals surface area contributed by atoms with E-state index in [4.69, 9.17) is 15.3 Å². The minimum absolute atomic E-state index is 0.279. The summed E-state index contributed by atoms with van der Waals surface area (Å²) in [6.07, 6.45) is 1.24. The van der Waals surface area contributed by atoms with Gasteiger partial charge >= 0.3 is 5.97 Å². The van der Waals surface area contributed by atoms with Gasteiger partial charge in [-0.2, -0.15) is 0 Å². The number of aliphatic hydroxyl groups is 1. The molecule has 2 atom stereocenters. The number of nitrogens with two attached hydrogens (primary N) is 1. The van der Waals surface area contributed by atoms with E-state index in [1.54, 1.807) is 12.1 Å². The Kier molecular flexibility index (Phi) is 3.67. The van der Waals surface area contributed by atoms with Crippen LogP contribution in [0.2, 0.25) is 0 Å². The van der Waals surface area contributed by atoms with Crippen LogP contribution in [0.5, 0.6) is 0 Å². The summed E-state index contributed by atoms with van der Waals surface area (Å²) in [5, 5.41) is 17.8. The monoisotopic (exact) mass is 199 g/mol. The Bertz CT molecular complexity index is 283. The van der Waals surface area contributed by atoms with E-state index in [-0.39, 0.29) is 6.42 Å². The fraction of sp³-hybridized carbons (Fsp3) is 0.444. The number of hydrogen-bond acceptors (Lipinski definition) is 4. The quantitative estimate of drug-likeness (QED) is 0.619. The first-order chi connectivity index (χ1) is 6.61. The second-order valence-corrected chi connectivity index (χ2v) is 3.05. The molecule has 0 fully saturated rings. The molecule has 5 nitrogen and oxygen atoms in total. The summed E-state index contributed by atoms with van der Waals surface area (Å²) in [4.78, 5) is 10.4.